The van der Waals surface area contributed by atoms with E-state index in [2.05, 4.69) is 13.8 Å². The van der Waals surface area contributed by atoms with E-state index < -0.39 is 11.8 Å². The van der Waals surface area contributed by atoms with Crippen LogP contribution in [0.3, 0.4) is 0 Å². The zero-order valence-electron chi connectivity index (χ0n) is 18.6. The third kappa shape index (κ3) is 3.36. The van der Waals surface area contributed by atoms with E-state index in [0.717, 1.165) is 35.1 Å². The van der Waals surface area contributed by atoms with Crippen LogP contribution in [0.4, 0.5) is 0 Å². The molecule has 0 bridgehead atoms. The Morgan fingerprint density at radius 3 is 1.84 bits per heavy atom. The monoisotopic (exact) mass is 426 g/mol. The smallest absolute Gasteiger partial charge is 0.379 e. The molecule has 4 nitrogen and oxygen atoms in total. The van der Waals surface area contributed by atoms with Crippen molar-refractivity contribution in [3.63, 3.8) is 0 Å². The Labute approximate surface area is 188 Å². The molecule has 0 aliphatic heterocycles. The minimum Gasteiger partial charge on any atom is -0.460 e. The summed E-state index contributed by atoms with van der Waals surface area (Å²) in [4.78, 5) is 37.7. The van der Waals surface area contributed by atoms with Gasteiger partial charge < -0.3 is 4.74 Å². The Kier molecular flexibility index (Phi) is 5.79. The van der Waals surface area contributed by atoms with Gasteiger partial charge in [-0.2, -0.15) is 0 Å². The average molecular weight is 427 g/mol. The second kappa shape index (κ2) is 8.54. The molecule has 0 saturated carbocycles. The van der Waals surface area contributed by atoms with Crippen LogP contribution < -0.4 is 0 Å². The molecule has 32 heavy (non-hydrogen) atoms. The molecule has 4 rings (SSSR count). The van der Waals surface area contributed by atoms with Crippen LogP contribution in [0.15, 0.2) is 66.7 Å². The predicted octanol–water partition coefficient (Wildman–Crippen LogP) is 5.75. The van der Waals surface area contributed by atoms with Crippen molar-refractivity contribution in [1.29, 1.82) is 0 Å². The number of hydrogen-bond acceptors (Lipinski definition) is 4. The van der Waals surface area contributed by atoms with Crippen LogP contribution in [0.2, 0.25) is 0 Å². The van der Waals surface area contributed by atoms with Crippen molar-refractivity contribution < 1.29 is 19.1 Å². The molecule has 0 unspecified atom stereocenters. The number of carbonyl (C=O) groups is 3. The SMILES string of the molecule is CCOC(=O)C(=O)c1ccc2c(c1)C(CC)(CC)c1cc(C(=O)c3ccccc3)ccc1-2. The van der Waals surface area contributed by atoms with E-state index in [1.807, 2.05) is 60.7 Å². The standard InChI is InChI=1S/C28H26O4/c1-4-28(5-2)23-16-19(25(29)18-10-8-7-9-11-18)12-14-21(23)22-15-13-20(17-24(22)28)26(30)27(31)32-6-3/h7-17H,4-6H2,1-3H3. The zero-order chi connectivity index (χ0) is 22.9. The van der Waals surface area contributed by atoms with Crippen molar-refractivity contribution in [2.45, 2.75) is 39.0 Å². The minimum absolute atomic E-state index is 0.0105. The second-order valence-corrected chi connectivity index (χ2v) is 8.05. The predicted molar refractivity (Wildman–Crippen MR) is 124 cm³/mol. The Morgan fingerprint density at radius 1 is 0.719 bits per heavy atom. The molecule has 1 aliphatic carbocycles. The maximum atomic E-state index is 13.1. The largest absolute Gasteiger partial charge is 0.460 e. The number of Topliss-reactive ketones (excluding diaryl/α,β-unsaturated/α-hetero) is 1. The number of ether oxygens (including phenoxy) is 1. The first kappa shape index (κ1) is 21.7. The summed E-state index contributed by atoms with van der Waals surface area (Å²) in [7, 11) is 0. The molecule has 0 radical (unpaired) electrons. The van der Waals surface area contributed by atoms with Crippen LogP contribution >= 0.6 is 0 Å². The van der Waals surface area contributed by atoms with Crippen LogP contribution in [-0.2, 0) is 14.9 Å². The first-order valence-electron chi connectivity index (χ1n) is 11.1. The van der Waals surface area contributed by atoms with Crippen LogP contribution in [0.1, 0.15) is 71.0 Å². The number of fused-ring (bicyclic) bond motifs is 3. The van der Waals surface area contributed by atoms with Gasteiger partial charge in [-0.05, 0) is 54.2 Å². The van der Waals surface area contributed by atoms with Gasteiger partial charge in [0.15, 0.2) is 5.78 Å². The summed E-state index contributed by atoms with van der Waals surface area (Å²) < 4.78 is 4.90. The lowest BCUT2D eigenvalue weighted by Gasteiger charge is -2.30. The van der Waals surface area contributed by atoms with E-state index in [-0.39, 0.29) is 17.8 Å². The second-order valence-electron chi connectivity index (χ2n) is 8.05. The Morgan fingerprint density at radius 2 is 1.28 bits per heavy atom. The quantitative estimate of drug-likeness (QED) is 0.274. The first-order valence-corrected chi connectivity index (χ1v) is 11.1. The van der Waals surface area contributed by atoms with Gasteiger partial charge >= 0.3 is 5.97 Å². The molecular formula is C28H26O4. The number of rotatable bonds is 7. The molecule has 0 heterocycles. The lowest BCUT2D eigenvalue weighted by Crippen LogP contribution is -2.24. The molecule has 4 heteroatoms. The minimum atomic E-state index is -0.836. The highest BCUT2D eigenvalue weighted by Gasteiger charge is 2.41. The van der Waals surface area contributed by atoms with E-state index in [1.165, 1.54) is 0 Å². The van der Waals surface area contributed by atoms with Gasteiger partial charge in [0.05, 0.1) is 6.61 Å². The topological polar surface area (TPSA) is 60.4 Å². The maximum Gasteiger partial charge on any atom is 0.379 e. The molecular weight excluding hydrogens is 400 g/mol. The number of esters is 1. The summed E-state index contributed by atoms with van der Waals surface area (Å²) in [5, 5.41) is 0. The average Bonchev–Trinajstić information content (AvgIpc) is 3.12. The molecule has 3 aromatic carbocycles. The zero-order valence-corrected chi connectivity index (χ0v) is 18.6. The van der Waals surface area contributed by atoms with Crippen molar-refractivity contribution in [3.05, 3.63) is 94.5 Å². The van der Waals surface area contributed by atoms with Crippen molar-refractivity contribution in [2.24, 2.45) is 0 Å². The van der Waals surface area contributed by atoms with Crippen LogP contribution in [0.25, 0.3) is 11.1 Å². The lowest BCUT2D eigenvalue weighted by atomic mass is 9.73. The summed E-state index contributed by atoms with van der Waals surface area (Å²) in [6, 6.07) is 20.6. The third-order valence-electron chi connectivity index (χ3n) is 6.59. The molecule has 0 saturated heterocycles. The van der Waals surface area contributed by atoms with Gasteiger partial charge in [0.25, 0.3) is 5.78 Å². The number of benzene rings is 3. The molecule has 3 aromatic rings. The highest BCUT2D eigenvalue weighted by atomic mass is 16.5. The van der Waals surface area contributed by atoms with Crippen LogP contribution in [0.5, 0.6) is 0 Å². The number of ketones is 2. The summed E-state index contributed by atoms with van der Waals surface area (Å²) >= 11 is 0. The van der Waals surface area contributed by atoms with Gasteiger partial charge in [-0.25, -0.2) is 4.79 Å². The molecule has 0 spiro atoms. The number of carbonyl (C=O) groups excluding carboxylic acids is 3. The van der Waals surface area contributed by atoms with Crippen LogP contribution in [-0.4, -0.2) is 24.1 Å². The van der Waals surface area contributed by atoms with E-state index in [1.54, 1.807) is 13.0 Å². The van der Waals surface area contributed by atoms with Crippen molar-refractivity contribution in [1.82, 2.24) is 0 Å². The molecule has 162 valence electrons. The van der Waals surface area contributed by atoms with Gasteiger partial charge in [0.2, 0.25) is 0 Å². The van der Waals surface area contributed by atoms with Gasteiger partial charge in [-0.15, -0.1) is 0 Å². The van der Waals surface area contributed by atoms with E-state index in [9.17, 15) is 14.4 Å². The fraction of sp³-hybridized carbons (Fsp3) is 0.250. The normalized spacial score (nSPS) is 13.2. The van der Waals surface area contributed by atoms with Crippen molar-refractivity contribution in [2.75, 3.05) is 6.61 Å². The Hall–Kier alpha value is -3.53. The van der Waals surface area contributed by atoms with E-state index >= 15 is 0 Å². The summed E-state index contributed by atoms with van der Waals surface area (Å²) in [6.07, 6.45) is 1.62. The van der Waals surface area contributed by atoms with Gasteiger partial charge in [0, 0.05) is 22.1 Å². The fourth-order valence-electron chi connectivity index (χ4n) is 4.86. The fourth-order valence-corrected chi connectivity index (χ4v) is 4.86. The molecule has 0 fully saturated rings. The third-order valence-corrected chi connectivity index (χ3v) is 6.59. The molecule has 0 amide bonds. The summed E-state index contributed by atoms with van der Waals surface area (Å²) in [6.45, 7) is 6.08. The van der Waals surface area contributed by atoms with E-state index in [0.29, 0.717) is 16.7 Å². The van der Waals surface area contributed by atoms with E-state index in [4.69, 9.17) is 4.74 Å². The highest BCUT2D eigenvalue weighted by Crippen LogP contribution is 2.53. The maximum absolute atomic E-state index is 13.1. The highest BCUT2D eigenvalue weighted by molar-refractivity contribution is 6.40. The molecule has 0 atom stereocenters. The van der Waals surface area contributed by atoms with Gasteiger partial charge in [-0.1, -0.05) is 68.4 Å². The van der Waals surface area contributed by atoms with Crippen molar-refractivity contribution >= 4 is 17.5 Å². The summed E-state index contributed by atoms with van der Waals surface area (Å²) in [5.74, 6) is -1.48. The number of hydrogen-bond donors (Lipinski definition) is 0. The molecule has 1 aliphatic rings. The van der Waals surface area contributed by atoms with Gasteiger partial charge in [0.1, 0.15) is 0 Å². The van der Waals surface area contributed by atoms with Crippen molar-refractivity contribution in [3.8, 4) is 11.1 Å². The molecule has 0 N–H and O–H groups in total. The lowest BCUT2D eigenvalue weighted by molar-refractivity contribution is -0.137. The van der Waals surface area contributed by atoms with Gasteiger partial charge in [-0.3, -0.25) is 9.59 Å². The first-order chi connectivity index (χ1) is 15.5. The Balaban J connectivity index is 1.82. The van der Waals surface area contributed by atoms with Crippen LogP contribution in [0, 0.1) is 0 Å². The Bertz CT molecular complexity index is 1200. The summed E-state index contributed by atoms with van der Waals surface area (Å²) in [5.41, 5.74) is 5.55. The molecule has 0 aromatic heterocycles.